The lowest BCUT2D eigenvalue weighted by Crippen LogP contribution is -2.54. The van der Waals surface area contributed by atoms with E-state index >= 15 is 0 Å². The highest BCUT2D eigenvalue weighted by atomic mass is 127. The first-order chi connectivity index (χ1) is 21.9. The highest BCUT2D eigenvalue weighted by Gasteiger charge is 2.40. The van der Waals surface area contributed by atoms with Gasteiger partial charge in [0.15, 0.2) is 11.5 Å². The number of aliphatic hydroxyl groups is 2. The van der Waals surface area contributed by atoms with E-state index in [2.05, 4.69) is 34.8 Å². The van der Waals surface area contributed by atoms with Gasteiger partial charge in [0.05, 0.1) is 16.2 Å². The molecule has 3 N–H and O–H groups in total. The zero-order valence-corrected chi connectivity index (χ0v) is 28.4. The van der Waals surface area contributed by atoms with E-state index in [1.807, 2.05) is 42.5 Å². The summed E-state index contributed by atoms with van der Waals surface area (Å²) >= 11 is 2.17. The number of para-hydroxylation sites is 1. The summed E-state index contributed by atoms with van der Waals surface area (Å²) in [7, 11) is 0. The molecule has 2 amide bonds. The van der Waals surface area contributed by atoms with Gasteiger partial charge in [-0.15, -0.1) is 0 Å². The van der Waals surface area contributed by atoms with Gasteiger partial charge in [0.2, 0.25) is 18.6 Å². The molecule has 45 heavy (non-hydrogen) atoms. The Kier molecular flexibility index (Phi) is 14.3. The molecule has 1 aliphatic heterocycles. The van der Waals surface area contributed by atoms with Gasteiger partial charge in [-0.2, -0.15) is 0 Å². The summed E-state index contributed by atoms with van der Waals surface area (Å²) in [6.07, 6.45) is 10.5. The maximum atomic E-state index is 14.0. The summed E-state index contributed by atoms with van der Waals surface area (Å²) < 4.78 is 18.2. The maximum Gasteiger partial charge on any atom is 0.247 e. The van der Waals surface area contributed by atoms with Crippen LogP contribution in [0.3, 0.4) is 0 Å². The second-order valence-corrected chi connectivity index (χ2v) is 12.9. The van der Waals surface area contributed by atoms with Gasteiger partial charge in [0, 0.05) is 31.5 Å². The first-order valence-corrected chi connectivity index (χ1v) is 17.4. The van der Waals surface area contributed by atoms with Crippen LogP contribution in [-0.2, 0) is 16.1 Å². The predicted octanol–water partition coefficient (Wildman–Crippen LogP) is 5.89. The van der Waals surface area contributed by atoms with Crippen molar-refractivity contribution in [3.05, 3.63) is 63.2 Å². The van der Waals surface area contributed by atoms with Crippen molar-refractivity contribution in [2.24, 2.45) is 0 Å². The van der Waals surface area contributed by atoms with Crippen molar-refractivity contribution in [2.45, 2.75) is 102 Å². The highest BCUT2D eigenvalue weighted by Crippen LogP contribution is 2.35. The lowest BCUT2D eigenvalue weighted by Gasteiger charge is -2.40. The number of carbonyl (C=O) groups is 2. The summed E-state index contributed by atoms with van der Waals surface area (Å²) in [5, 5.41) is 23.8. The summed E-state index contributed by atoms with van der Waals surface area (Å²) in [4.78, 5) is 28.8. The van der Waals surface area contributed by atoms with Crippen molar-refractivity contribution < 1.29 is 34.0 Å². The Hall–Kier alpha value is -2.83. The van der Waals surface area contributed by atoms with Crippen LogP contribution in [0.5, 0.6) is 17.2 Å². The quantitative estimate of drug-likeness (QED) is 0.129. The molecule has 1 aliphatic carbocycles. The molecule has 2 aromatic carbocycles. The number of hydrogen-bond acceptors (Lipinski definition) is 7. The fraction of sp³-hybridized carbons (Fsp3) is 0.543. The van der Waals surface area contributed by atoms with Gasteiger partial charge < -0.3 is 34.6 Å². The number of amides is 2. The first kappa shape index (κ1) is 35.0. The molecule has 0 saturated carbocycles. The number of fused-ring (bicyclic) bond motifs is 1. The minimum atomic E-state index is -1.09. The van der Waals surface area contributed by atoms with Crippen LogP contribution in [0, 0.1) is 3.57 Å². The van der Waals surface area contributed by atoms with Crippen molar-refractivity contribution in [3.8, 4) is 17.2 Å². The SMILES string of the molecule is CCCCCCCCCCCC(=O)N(Cc1ccc2c(c1)OCO2)[C@@H]1CC(C(=O)NCCO)=C[C@H](Oc2ccccc2I)[C@H]1O. The Morgan fingerprint density at radius 2 is 1.71 bits per heavy atom. The zero-order valence-electron chi connectivity index (χ0n) is 26.2. The molecule has 10 heteroatoms. The average Bonchev–Trinajstić information content (AvgIpc) is 3.52. The van der Waals surface area contributed by atoms with Crippen LogP contribution in [0.15, 0.2) is 54.1 Å². The van der Waals surface area contributed by atoms with Gasteiger partial charge in [-0.3, -0.25) is 9.59 Å². The Balaban J connectivity index is 1.53. The van der Waals surface area contributed by atoms with Gasteiger partial charge >= 0.3 is 0 Å². The third kappa shape index (κ3) is 10.3. The molecule has 246 valence electrons. The Morgan fingerprint density at radius 1 is 1.00 bits per heavy atom. The number of nitrogens with one attached hydrogen (secondary N) is 1. The van der Waals surface area contributed by atoms with Crippen molar-refractivity contribution in [1.82, 2.24) is 10.2 Å². The van der Waals surface area contributed by atoms with Crippen LogP contribution in [0.4, 0.5) is 0 Å². The second kappa shape index (κ2) is 18.3. The number of nitrogens with zero attached hydrogens (tertiary/aromatic N) is 1. The molecular weight excluding hydrogens is 687 g/mol. The van der Waals surface area contributed by atoms with E-state index < -0.39 is 18.2 Å². The second-order valence-electron chi connectivity index (χ2n) is 11.7. The van der Waals surface area contributed by atoms with Gasteiger partial charge in [-0.1, -0.05) is 76.5 Å². The van der Waals surface area contributed by atoms with E-state index in [1.54, 1.807) is 11.0 Å². The fourth-order valence-electron chi connectivity index (χ4n) is 5.82. The topological polar surface area (TPSA) is 118 Å². The Bertz CT molecular complexity index is 1290. The number of hydrogen-bond donors (Lipinski definition) is 3. The van der Waals surface area contributed by atoms with Crippen molar-refractivity contribution in [2.75, 3.05) is 19.9 Å². The smallest absolute Gasteiger partial charge is 0.247 e. The van der Waals surface area contributed by atoms with E-state index in [1.165, 1.54) is 38.5 Å². The number of unbranched alkanes of at least 4 members (excludes halogenated alkanes) is 8. The minimum absolute atomic E-state index is 0.0790. The average molecular weight is 735 g/mol. The van der Waals surface area contributed by atoms with E-state index in [-0.39, 0.29) is 44.7 Å². The lowest BCUT2D eigenvalue weighted by molar-refractivity contribution is -0.139. The van der Waals surface area contributed by atoms with Crippen LogP contribution < -0.4 is 19.5 Å². The fourth-order valence-corrected chi connectivity index (χ4v) is 6.34. The van der Waals surface area contributed by atoms with Crippen molar-refractivity contribution in [1.29, 1.82) is 0 Å². The van der Waals surface area contributed by atoms with Crippen LogP contribution in [0.2, 0.25) is 0 Å². The highest BCUT2D eigenvalue weighted by molar-refractivity contribution is 14.1. The molecule has 0 fully saturated rings. The normalized spacial score (nSPS) is 18.8. The molecule has 2 aromatic rings. The molecule has 2 aliphatic rings. The Morgan fingerprint density at radius 3 is 2.44 bits per heavy atom. The zero-order chi connectivity index (χ0) is 32.0. The summed E-state index contributed by atoms with van der Waals surface area (Å²) in [5.41, 5.74) is 1.24. The first-order valence-electron chi connectivity index (χ1n) is 16.3. The van der Waals surface area contributed by atoms with E-state index in [4.69, 9.17) is 14.2 Å². The van der Waals surface area contributed by atoms with E-state index in [9.17, 15) is 19.8 Å². The molecule has 1 heterocycles. The molecule has 4 rings (SSSR count). The van der Waals surface area contributed by atoms with Gasteiger partial charge in [0.25, 0.3) is 0 Å². The predicted molar refractivity (Wildman–Crippen MR) is 181 cm³/mol. The van der Waals surface area contributed by atoms with Crippen LogP contribution >= 0.6 is 22.6 Å². The van der Waals surface area contributed by atoms with Crippen molar-refractivity contribution in [3.63, 3.8) is 0 Å². The molecule has 0 bridgehead atoms. The lowest BCUT2D eigenvalue weighted by atomic mass is 9.87. The number of rotatable bonds is 18. The Labute approximate surface area is 280 Å². The standard InChI is InChI=1S/C35H47IN2O7/c1-2-3-4-5-6-7-8-9-10-15-33(40)38(23-25-16-17-30-31(20-25)44-24-43-30)28-21-26(35(42)37-18-19-39)22-32(34(28)41)45-29-14-12-11-13-27(29)36/h11-14,16-17,20,22,28,32,34,39,41H,2-10,15,18-19,21,23-24H2,1H3,(H,37,42)/t28-,32+,34+/m1/s1. The van der Waals surface area contributed by atoms with Gasteiger partial charge in [-0.05, 0) is 64.9 Å². The third-order valence-electron chi connectivity index (χ3n) is 8.32. The van der Waals surface area contributed by atoms with Crippen LogP contribution in [0.1, 0.15) is 83.1 Å². The number of aliphatic hydroxyl groups excluding tert-OH is 2. The number of carbonyl (C=O) groups excluding carboxylic acids is 2. The largest absolute Gasteiger partial charge is 0.482 e. The van der Waals surface area contributed by atoms with Crippen LogP contribution in [0.25, 0.3) is 0 Å². The molecule has 0 spiro atoms. The summed E-state index contributed by atoms with van der Waals surface area (Å²) in [5.74, 6) is 1.42. The summed E-state index contributed by atoms with van der Waals surface area (Å²) in [6.45, 7) is 2.51. The van der Waals surface area contributed by atoms with Crippen molar-refractivity contribution >= 4 is 34.4 Å². The molecule has 0 saturated heterocycles. The number of ether oxygens (including phenoxy) is 3. The maximum absolute atomic E-state index is 14.0. The molecular formula is C35H47IN2O7. The van der Waals surface area contributed by atoms with Gasteiger partial charge in [-0.25, -0.2) is 0 Å². The molecule has 9 nitrogen and oxygen atoms in total. The van der Waals surface area contributed by atoms with Crippen LogP contribution in [-0.4, -0.2) is 65.1 Å². The molecule has 0 unspecified atom stereocenters. The molecule has 0 radical (unpaired) electrons. The number of benzene rings is 2. The number of halogens is 1. The van der Waals surface area contributed by atoms with E-state index in [0.717, 1.165) is 28.4 Å². The minimum Gasteiger partial charge on any atom is -0.482 e. The monoisotopic (exact) mass is 734 g/mol. The van der Waals surface area contributed by atoms with Gasteiger partial charge in [0.1, 0.15) is 18.0 Å². The van der Waals surface area contributed by atoms with E-state index in [0.29, 0.717) is 29.2 Å². The molecule has 0 aromatic heterocycles. The summed E-state index contributed by atoms with van der Waals surface area (Å²) in [6, 6.07) is 12.3. The third-order valence-corrected chi connectivity index (χ3v) is 9.21. The molecule has 3 atom stereocenters.